The summed E-state index contributed by atoms with van der Waals surface area (Å²) in [5.74, 6) is -0.00101. The van der Waals surface area contributed by atoms with E-state index < -0.39 is 4.51 Å². The number of ketones is 1. The number of hydrogen-bond donors (Lipinski definition) is 1. The summed E-state index contributed by atoms with van der Waals surface area (Å²) in [6.07, 6.45) is 3.83. The standard InChI is InChI=1S/C11H10BrN3O2/c12-11(5-13-6-17-11)8-1-2-9(16)10-7(8)3-4-14-15-10/h1,3-4,13H,2,5-6H2/t11-/m0/s1. The summed E-state index contributed by atoms with van der Waals surface area (Å²) in [5, 5.41) is 10.8. The Morgan fingerprint density at radius 3 is 3.18 bits per heavy atom. The van der Waals surface area contributed by atoms with Crippen molar-refractivity contribution in [2.75, 3.05) is 13.3 Å². The summed E-state index contributed by atoms with van der Waals surface area (Å²) in [6, 6.07) is 1.80. The third-order valence-corrected chi connectivity index (χ3v) is 3.86. The number of nitrogens with zero attached hydrogens (tertiary/aromatic N) is 2. The monoisotopic (exact) mass is 295 g/mol. The van der Waals surface area contributed by atoms with E-state index in [1.54, 1.807) is 12.3 Å². The first-order valence-corrected chi connectivity index (χ1v) is 6.09. The lowest BCUT2D eigenvalue weighted by Gasteiger charge is -2.27. The van der Waals surface area contributed by atoms with Crippen LogP contribution >= 0.6 is 15.9 Å². The molecule has 1 aromatic rings. The summed E-state index contributed by atoms with van der Waals surface area (Å²) >= 11 is 3.58. The Kier molecular flexibility index (Phi) is 2.57. The minimum atomic E-state index is -0.564. The predicted molar refractivity (Wildman–Crippen MR) is 64.6 cm³/mol. The van der Waals surface area contributed by atoms with Crippen LogP contribution in [0.4, 0.5) is 0 Å². The topological polar surface area (TPSA) is 64.1 Å². The number of fused-ring (bicyclic) bond motifs is 1. The molecule has 5 nitrogen and oxygen atoms in total. The average Bonchev–Trinajstić information content (AvgIpc) is 2.78. The van der Waals surface area contributed by atoms with E-state index in [4.69, 9.17) is 4.74 Å². The zero-order valence-corrected chi connectivity index (χ0v) is 10.5. The van der Waals surface area contributed by atoms with Crippen LogP contribution in [0.3, 0.4) is 0 Å². The van der Waals surface area contributed by atoms with Crippen LogP contribution in [0.15, 0.2) is 18.3 Å². The molecular formula is C11H10BrN3O2. The van der Waals surface area contributed by atoms with E-state index in [-0.39, 0.29) is 5.78 Å². The van der Waals surface area contributed by atoms with Gasteiger partial charge in [-0.15, -0.1) is 5.10 Å². The summed E-state index contributed by atoms with van der Waals surface area (Å²) < 4.78 is 5.09. The van der Waals surface area contributed by atoms with Crippen molar-refractivity contribution >= 4 is 27.3 Å². The van der Waals surface area contributed by atoms with Crippen molar-refractivity contribution in [3.05, 3.63) is 29.6 Å². The van der Waals surface area contributed by atoms with Crippen molar-refractivity contribution in [1.29, 1.82) is 0 Å². The van der Waals surface area contributed by atoms with Crippen LogP contribution in [0.5, 0.6) is 0 Å². The van der Waals surface area contributed by atoms with Crippen molar-refractivity contribution < 1.29 is 9.53 Å². The van der Waals surface area contributed by atoms with Gasteiger partial charge >= 0.3 is 0 Å². The molecule has 1 N–H and O–H groups in total. The molecule has 17 heavy (non-hydrogen) atoms. The van der Waals surface area contributed by atoms with Gasteiger partial charge in [0.25, 0.3) is 0 Å². The van der Waals surface area contributed by atoms with Gasteiger partial charge in [0.1, 0.15) is 5.69 Å². The Labute approximate surface area is 106 Å². The molecule has 1 aliphatic heterocycles. The fraction of sp³-hybridized carbons (Fsp3) is 0.364. The molecule has 1 atom stereocenters. The van der Waals surface area contributed by atoms with Crippen LogP contribution in [-0.4, -0.2) is 33.8 Å². The zero-order valence-electron chi connectivity index (χ0n) is 8.94. The lowest BCUT2D eigenvalue weighted by molar-refractivity contribution is 0.0985. The van der Waals surface area contributed by atoms with E-state index in [0.717, 1.165) is 11.1 Å². The van der Waals surface area contributed by atoms with E-state index in [2.05, 4.69) is 31.4 Å². The van der Waals surface area contributed by atoms with Crippen LogP contribution in [0.25, 0.3) is 5.57 Å². The van der Waals surface area contributed by atoms with Gasteiger partial charge in [0, 0.05) is 24.1 Å². The Balaban J connectivity index is 2.10. The van der Waals surface area contributed by atoms with Gasteiger partial charge in [-0.1, -0.05) is 6.08 Å². The van der Waals surface area contributed by atoms with E-state index in [9.17, 15) is 4.79 Å². The molecule has 0 bridgehead atoms. The fourth-order valence-corrected chi connectivity index (χ4v) is 2.80. The second kappa shape index (κ2) is 3.97. The Hall–Kier alpha value is -1.11. The van der Waals surface area contributed by atoms with Gasteiger partial charge in [0.15, 0.2) is 10.3 Å². The molecule has 2 aliphatic rings. The minimum absolute atomic E-state index is 0.00101. The van der Waals surface area contributed by atoms with Gasteiger partial charge in [-0.05, 0) is 22.0 Å². The van der Waals surface area contributed by atoms with Gasteiger partial charge in [-0.2, -0.15) is 5.10 Å². The number of carbonyl (C=O) groups is 1. The van der Waals surface area contributed by atoms with Crippen molar-refractivity contribution in [2.24, 2.45) is 0 Å². The maximum Gasteiger partial charge on any atom is 0.187 e. The highest BCUT2D eigenvalue weighted by molar-refractivity contribution is 9.10. The number of ether oxygens (including phenoxy) is 1. The van der Waals surface area contributed by atoms with Gasteiger partial charge < -0.3 is 4.74 Å². The number of rotatable bonds is 1. The number of aromatic nitrogens is 2. The second-order valence-corrected chi connectivity index (χ2v) is 5.26. The van der Waals surface area contributed by atoms with Crippen LogP contribution in [0.2, 0.25) is 0 Å². The Morgan fingerprint density at radius 2 is 2.41 bits per heavy atom. The maximum atomic E-state index is 11.7. The number of allylic oxidation sites excluding steroid dienone is 1. The highest BCUT2D eigenvalue weighted by atomic mass is 79.9. The normalized spacial score (nSPS) is 27.8. The van der Waals surface area contributed by atoms with E-state index in [0.29, 0.717) is 25.4 Å². The second-order valence-electron chi connectivity index (χ2n) is 3.98. The SMILES string of the molecule is O=C1CC=C([C@]2(Br)CNCO2)c2ccnnc21. The number of hydrogen-bond acceptors (Lipinski definition) is 5. The van der Waals surface area contributed by atoms with Crippen molar-refractivity contribution in [1.82, 2.24) is 15.5 Å². The summed E-state index contributed by atoms with van der Waals surface area (Å²) in [5.41, 5.74) is 2.18. The molecule has 1 aromatic heterocycles. The summed E-state index contributed by atoms with van der Waals surface area (Å²) in [4.78, 5) is 11.7. The molecule has 0 unspecified atom stereocenters. The molecular weight excluding hydrogens is 286 g/mol. The summed E-state index contributed by atoms with van der Waals surface area (Å²) in [6.45, 7) is 1.15. The summed E-state index contributed by atoms with van der Waals surface area (Å²) in [7, 11) is 0. The largest absolute Gasteiger partial charge is 0.343 e. The molecule has 3 rings (SSSR count). The molecule has 1 aliphatic carbocycles. The molecule has 0 aromatic carbocycles. The number of Topliss-reactive ketones (excluding diaryl/α,β-unsaturated/α-hetero) is 1. The molecule has 0 saturated carbocycles. The van der Waals surface area contributed by atoms with Crippen molar-refractivity contribution in [3.63, 3.8) is 0 Å². The molecule has 1 fully saturated rings. The van der Waals surface area contributed by atoms with E-state index >= 15 is 0 Å². The van der Waals surface area contributed by atoms with Gasteiger partial charge in [0.05, 0.1) is 12.9 Å². The number of carbonyl (C=O) groups excluding carboxylic acids is 1. The smallest absolute Gasteiger partial charge is 0.187 e. The van der Waals surface area contributed by atoms with Crippen LogP contribution in [-0.2, 0) is 4.74 Å². The first-order valence-electron chi connectivity index (χ1n) is 5.30. The number of alkyl halides is 1. The van der Waals surface area contributed by atoms with Gasteiger partial charge in [-0.3, -0.25) is 10.1 Å². The lowest BCUT2D eigenvalue weighted by Crippen LogP contribution is -2.30. The first-order chi connectivity index (χ1) is 8.21. The van der Waals surface area contributed by atoms with E-state index in [1.807, 2.05) is 6.08 Å². The zero-order chi connectivity index (χ0) is 11.9. The quantitative estimate of drug-likeness (QED) is 0.787. The average molecular weight is 296 g/mol. The highest BCUT2D eigenvalue weighted by Gasteiger charge is 2.40. The Morgan fingerprint density at radius 1 is 1.53 bits per heavy atom. The van der Waals surface area contributed by atoms with Crippen LogP contribution < -0.4 is 5.32 Å². The highest BCUT2D eigenvalue weighted by Crippen LogP contribution is 2.40. The predicted octanol–water partition coefficient (Wildman–Crippen LogP) is 1.11. The molecule has 0 spiro atoms. The van der Waals surface area contributed by atoms with Crippen LogP contribution in [0, 0.1) is 0 Å². The Bertz CT molecular complexity index is 509. The molecule has 6 heteroatoms. The number of nitrogens with one attached hydrogen (secondary N) is 1. The lowest BCUT2D eigenvalue weighted by atomic mass is 9.91. The van der Waals surface area contributed by atoms with E-state index in [1.165, 1.54) is 0 Å². The molecule has 1 saturated heterocycles. The van der Waals surface area contributed by atoms with Crippen molar-refractivity contribution in [2.45, 2.75) is 10.9 Å². The van der Waals surface area contributed by atoms with Crippen LogP contribution in [0.1, 0.15) is 22.5 Å². The fourth-order valence-electron chi connectivity index (χ4n) is 2.11. The third kappa shape index (κ3) is 1.72. The molecule has 88 valence electrons. The molecule has 2 heterocycles. The first kappa shape index (κ1) is 11.0. The number of halogens is 1. The third-order valence-electron chi connectivity index (χ3n) is 2.92. The van der Waals surface area contributed by atoms with Gasteiger partial charge in [-0.25, -0.2) is 0 Å². The molecule has 0 amide bonds. The molecule has 0 radical (unpaired) electrons. The maximum absolute atomic E-state index is 11.7. The van der Waals surface area contributed by atoms with Gasteiger partial charge in [0.2, 0.25) is 0 Å². The van der Waals surface area contributed by atoms with Crippen molar-refractivity contribution in [3.8, 4) is 0 Å². The minimum Gasteiger partial charge on any atom is -0.343 e.